The topological polar surface area (TPSA) is 171 Å². The van der Waals surface area contributed by atoms with Crippen LogP contribution < -0.4 is 0 Å². The SMILES string of the molecule is C[Si](C)(C)CCOCn1cc(C=O)c2nc(-c3n[nH]c4cc(Cl)cc(F)c34)cnc21.C[Si](C)(C)CCOCn1cc(C=O)c2nc(Br)cnc21.Cc1[nH]nc2cc(Cl)cc(F)c12. The van der Waals surface area contributed by atoms with Crippen LogP contribution in [0.5, 0.6) is 0 Å². The van der Waals surface area contributed by atoms with Crippen LogP contribution in [0.15, 0.2) is 53.7 Å². The highest BCUT2D eigenvalue weighted by molar-refractivity contribution is 9.10. The minimum atomic E-state index is -1.19. The van der Waals surface area contributed by atoms with Gasteiger partial charge in [-0.25, -0.2) is 28.7 Å². The van der Waals surface area contributed by atoms with Crippen molar-refractivity contribution in [1.29, 1.82) is 0 Å². The third-order valence-corrected chi connectivity index (χ3v) is 13.7. The summed E-state index contributed by atoms with van der Waals surface area (Å²) in [4.78, 5) is 40.2. The number of nitrogens with one attached hydrogen (secondary N) is 2. The van der Waals surface area contributed by atoms with E-state index in [4.69, 9.17) is 32.7 Å². The van der Waals surface area contributed by atoms with Crippen LogP contribution in [-0.4, -0.2) is 91.4 Å². The molecule has 2 N–H and O–H groups in total. The Morgan fingerprint density at radius 2 is 1.27 bits per heavy atom. The van der Waals surface area contributed by atoms with Gasteiger partial charge < -0.3 is 18.6 Å². The fourth-order valence-electron chi connectivity index (χ4n) is 6.18. The third kappa shape index (κ3) is 11.4. The molecule has 8 aromatic rings. The molecule has 21 heteroatoms. The van der Waals surface area contributed by atoms with Gasteiger partial charge in [-0.15, -0.1) is 0 Å². The van der Waals surface area contributed by atoms with Gasteiger partial charge in [0.25, 0.3) is 0 Å². The molecule has 0 fully saturated rings. The summed E-state index contributed by atoms with van der Waals surface area (Å²) in [5, 5.41) is 15.0. The second kappa shape index (κ2) is 19.7. The highest BCUT2D eigenvalue weighted by Crippen LogP contribution is 2.31. The molecule has 62 heavy (non-hydrogen) atoms. The van der Waals surface area contributed by atoms with E-state index in [1.165, 1.54) is 18.3 Å². The maximum atomic E-state index is 14.5. The van der Waals surface area contributed by atoms with Gasteiger partial charge in [0.15, 0.2) is 23.9 Å². The molecule has 2 aromatic carbocycles. The maximum Gasteiger partial charge on any atom is 0.161 e. The predicted molar refractivity (Wildman–Crippen MR) is 248 cm³/mol. The Balaban J connectivity index is 0.000000171. The van der Waals surface area contributed by atoms with Crippen molar-refractivity contribution in [2.75, 3.05) is 13.2 Å². The smallest absolute Gasteiger partial charge is 0.161 e. The van der Waals surface area contributed by atoms with Gasteiger partial charge in [0.05, 0.1) is 45.3 Å². The van der Waals surface area contributed by atoms with Gasteiger partial charge in [-0.1, -0.05) is 62.5 Å². The number of nitrogens with zero attached hydrogens (tertiary/aromatic N) is 8. The largest absolute Gasteiger partial charge is 0.361 e. The van der Waals surface area contributed by atoms with Crippen LogP contribution >= 0.6 is 39.1 Å². The average molecular weight is 987 g/mol. The Labute approximate surface area is 375 Å². The zero-order chi connectivity index (χ0) is 44.9. The van der Waals surface area contributed by atoms with E-state index in [1.807, 2.05) is 4.57 Å². The van der Waals surface area contributed by atoms with Crippen molar-refractivity contribution in [2.24, 2.45) is 0 Å². The van der Waals surface area contributed by atoms with Gasteiger partial charge in [-0.2, -0.15) is 10.2 Å². The molecule has 0 unspecified atom stereocenters. The van der Waals surface area contributed by atoms with Crippen molar-refractivity contribution in [3.05, 3.63) is 92.2 Å². The fraction of sp³-hybridized carbons (Fsp3) is 0.317. The van der Waals surface area contributed by atoms with Crippen LogP contribution in [0.3, 0.4) is 0 Å². The van der Waals surface area contributed by atoms with E-state index in [0.29, 0.717) is 84.2 Å². The van der Waals surface area contributed by atoms with Crippen LogP contribution in [0.25, 0.3) is 55.5 Å². The first-order chi connectivity index (χ1) is 29.3. The Bertz CT molecular complexity index is 2890. The summed E-state index contributed by atoms with van der Waals surface area (Å²) in [7, 11) is -2.27. The number of hydrogen-bond acceptors (Lipinski definition) is 10. The van der Waals surface area contributed by atoms with Gasteiger partial charge in [0.1, 0.15) is 52.1 Å². The van der Waals surface area contributed by atoms with E-state index in [2.05, 4.69) is 95.5 Å². The minimum absolute atomic E-state index is 0.270. The van der Waals surface area contributed by atoms with Crippen LogP contribution in [0.1, 0.15) is 26.4 Å². The van der Waals surface area contributed by atoms with Crippen LogP contribution in [0.2, 0.25) is 61.4 Å². The molecule has 0 radical (unpaired) electrons. The lowest BCUT2D eigenvalue weighted by molar-refractivity contribution is 0.0895. The first-order valence-electron chi connectivity index (χ1n) is 19.4. The maximum absolute atomic E-state index is 14.5. The number of aromatic nitrogens is 10. The predicted octanol–water partition coefficient (Wildman–Crippen LogP) is 10.9. The van der Waals surface area contributed by atoms with Crippen molar-refractivity contribution in [1.82, 2.24) is 49.5 Å². The molecule has 0 amide bonds. The number of halogens is 5. The second-order valence-corrected chi connectivity index (χ2v) is 29.8. The number of hydrogen-bond donors (Lipinski definition) is 2. The average Bonchev–Trinajstić information content (AvgIpc) is 3.97. The quantitative estimate of drug-likeness (QED) is 0.0643. The molecule has 0 aliphatic heterocycles. The summed E-state index contributed by atoms with van der Waals surface area (Å²) < 4.78 is 43.3. The van der Waals surface area contributed by atoms with E-state index >= 15 is 0 Å². The lowest BCUT2D eigenvalue weighted by Crippen LogP contribution is -2.22. The van der Waals surface area contributed by atoms with E-state index < -0.39 is 22.0 Å². The van der Waals surface area contributed by atoms with Gasteiger partial charge in [0.2, 0.25) is 0 Å². The van der Waals surface area contributed by atoms with Gasteiger partial charge in [-0.3, -0.25) is 19.8 Å². The van der Waals surface area contributed by atoms with E-state index in [9.17, 15) is 18.4 Å². The monoisotopic (exact) mass is 984 g/mol. The first-order valence-corrected chi connectivity index (χ1v) is 28.4. The molecule has 0 aliphatic carbocycles. The van der Waals surface area contributed by atoms with E-state index in [0.717, 1.165) is 37.0 Å². The Kier molecular flexibility index (Phi) is 14.9. The summed E-state index contributed by atoms with van der Waals surface area (Å²) in [6.07, 6.45) is 8.05. The molecule has 0 bridgehead atoms. The second-order valence-electron chi connectivity index (χ2n) is 16.8. The number of ether oxygens (including phenoxy) is 2. The van der Waals surface area contributed by atoms with Gasteiger partial charge >= 0.3 is 0 Å². The normalized spacial score (nSPS) is 11.9. The number of fused-ring (bicyclic) bond motifs is 4. The van der Waals surface area contributed by atoms with Gasteiger partial charge in [-0.05, 0) is 59.2 Å². The minimum Gasteiger partial charge on any atom is -0.361 e. The van der Waals surface area contributed by atoms with Crippen molar-refractivity contribution in [3.8, 4) is 11.4 Å². The molecule has 0 atom stereocenters. The summed E-state index contributed by atoms with van der Waals surface area (Å²) in [5.74, 6) is -0.837. The number of carbonyl (C=O) groups excluding carboxylic acids is 2. The summed E-state index contributed by atoms with van der Waals surface area (Å²) in [6, 6.07) is 7.89. The zero-order valence-corrected chi connectivity index (χ0v) is 40.2. The molecule has 6 heterocycles. The Morgan fingerprint density at radius 3 is 1.84 bits per heavy atom. The number of rotatable bonds is 13. The number of aryl methyl sites for hydroxylation is 1. The molecule has 14 nitrogen and oxygen atoms in total. The molecular formula is C41H45BrCl2F2N10O4Si2. The Morgan fingerprint density at radius 1 is 0.742 bits per heavy atom. The fourth-order valence-corrected chi connectivity index (χ4v) is 8.37. The molecule has 0 spiro atoms. The van der Waals surface area contributed by atoms with Crippen molar-refractivity contribution >= 4 is 112 Å². The third-order valence-electron chi connectivity index (χ3n) is 9.44. The number of aromatic amines is 2. The summed E-state index contributed by atoms with van der Waals surface area (Å²) >= 11 is 14.8. The molecule has 8 rings (SSSR count). The lowest BCUT2D eigenvalue weighted by Gasteiger charge is -2.15. The number of benzene rings is 2. The molecule has 0 saturated heterocycles. The highest BCUT2D eigenvalue weighted by Gasteiger charge is 2.19. The van der Waals surface area contributed by atoms with Crippen molar-refractivity contribution in [2.45, 2.75) is 71.8 Å². The zero-order valence-electron chi connectivity index (χ0n) is 35.1. The lowest BCUT2D eigenvalue weighted by atomic mass is 10.1. The standard InChI is InChI=1S/C20H21ClFN5O2Si.C13H18BrN3O2Si.C8H6ClFN2/c1-30(2,3)5-4-29-11-27-9-12(10-28)18-20(27)23-8-16(24-18)19-17-14(22)6-13(21)7-15(17)25-26-19;1-20(2,3)5-4-19-9-17-7-10(8-18)12-13(17)15-6-11(14)16-12;1-4-8-6(10)2-5(9)3-7(8)12-11-4/h6-10H,4-5,11H2,1-3H3,(H,25,26);6-8H,4-5,9H2,1-3H3;2-3H,1H3,(H,11,12). The van der Waals surface area contributed by atoms with Crippen LogP contribution in [-0.2, 0) is 22.9 Å². The molecule has 0 saturated carbocycles. The van der Waals surface area contributed by atoms with Crippen LogP contribution in [0, 0.1) is 18.6 Å². The summed E-state index contributed by atoms with van der Waals surface area (Å²) in [5.41, 5.74) is 5.54. The number of H-pyrrole nitrogens is 2. The van der Waals surface area contributed by atoms with Crippen molar-refractivity contribution in [3.63, 3.8) is 0 Å². The van der Waals surface area contributed by atoms with E-state index in [1.54, 1.807) is 42.2 Å². The molecule has 6 aromatic heterocycles. The number of carbonyl (C=O) groups is 2. The number of aldehydes is 2. The molecular weight excluding hydrogens is 941 g/mol. The van der Waals surface area contributed by atoms with Gasteiger partial charge in [0, 0.05) is 57.5 Å². The summed E-state index contributed by atoms with van der Waals surface area (Å²) in [6.45, 7) is 17.6. The first kappa shape index (κ1) is 46.7. The molecule has 326 valence electrons. The van der Waals surface area contributed by atoms with E-state index in [-0.39, 0.29) is 23.0 Å². The molecule has 0 aliphatic rings. The highest BCUT2D eigenvalue weighted by atomic mass is 79.9. The van der Waals surface area contributed by atoms with Crippen molar-refractivity contribution < 1.29 is 27.8 Å². The Hall–Kier alpha value is -4.77. The van der Waals surface area contributed by atoms with Crippen LogP contribution in [0.4, 0.5) is 8.78 Å².